The van der Waals surface area contributed by atoms with Crippen molar-refractivity contribution in [3.05, 3.63) is 24.0 Å². The first-order chi connectivity index (χ1) is 6.68. The van der Waals surface area contributed by atoms with Gasteiger partial charge in [-0.3, -0.25) is 4.98 Å². The number of ether oxygens (including phenoxy) is 1. The van der Waals surface area contributed by atoms with E-state index in [4.69, 9.17) is 0 Å². The molecule has 0 N–H and O–H groups in total. The van der Waals surface area contributed by atoms with Crippen LogP contribution < -0.4 is 4.74 Å². The molecule has 0 aromatic carbocycles. The first kappa shape index (κ1) is 11.9. The third kappa shape index (κ3) is 3.81. The number of nitrogens with zero attached hydrogens (tertiary/aromatic N) is 1. The van der Waals surface area contributed by atoms with Crippen LogP contribution in [0.1, 0.15) is 33.4 Å². The molecule has 0 spiro atoms. The number of pyridine rings is 1. The molecule has 84 valence electrons. The minimum Gasteiger partial charge on any atom is -0.431 e. The van der Waals surface area contributed by atoms with Crippen LogP contribution in [0.2, 0.25) is 0 Å². The fourth-order valence-electron chi connectivity index (χ4n) is 1.09. The fraction of sp³-hybridized carbons (Fsp3) is 0.545. The average Bonchev–Trinajstić information content (AvgIpc) is 2.00. The Morgan fingerprint density at radius 3 is 2.07 bits per heavy atom. The van der Waals surface area contributed by atoms with E-state index in [1.54, 1.807) is 6.07 Å². The van der Waals surface area contributed by atoms with Crippen LogP contribution in [0.3, 0.4) is 0 Å². The van der Waals surface area contributed by atoms with Gasteiger partial charge in [0.15, 0.2) is 0 Å². The monoisotopic (exact) mass is 215 g/mol. The van der Waals surface area contributed by atoms with Crippen LogP contribution in [0.5, 0.6) is 5.75 Å². The second-order valence-corrected chi connectivity index (χ2v) is 4.54. The van der Waals surface area contributed by atoms with Gasteiger partial charge in [-0.2, -0.15) is 8.78 Å². The maximum absolute atomic E-state index is 12.5. The number of alkyl halides is 2. The molecule has 0 aliphatic carbocycles. The van der Waals surface area contributed by atoms with E-state index < -0.39 is 6.11 Å². The molecule has 1 heterocycles. The van der Waals surface area contributed by atoms with Crippen LogP contribution in [0, 0.1) is 0 Å². The molecule has 0 amide bonds. The van der Waals surface area contributed by atoms with Crippen LogP contribution in [0.25, 0.3) is 0 Å². The third-order valence-electron chi connectivity index (χ3n) is 1.80. The molecule has 0 bridgehead atoms. The van der Waals surface area contributed by atoms with E-state index in [-0.39, 0.29) is 11.2 Å². The van der Waals surface area contributed by atoms with Crippen molar-refractivity contribution in [2.24, 2.45) is 0 Å². The highest BCUT2D eigenvalue weighted by Gasteiger charge is 2.23. The summed E-state index contributed by atoms with van der Waals surface area (Å²) in [5.41, 5.74) is 0.752. The Balaban J connectivity index is 2.82. The molecule has 4 heteroatoms. The number of rotatable bonds is 2. The zero-order valence-corrected chi connectivity index (χ0v) is 9.34. The summed E-state index contributed by atoms with van der Waals surface area (Å²) in [4.78, 5) is 4.08. The first-order valence-electron chi connectivity index (χ1n) is 4.72. The summed E-state index contributed by atoms with van der Waals surface area (Å²) in [7, 11) is 0. The third-order valence-corrected chi connectivity index (χ3v) is 1.80. The molecule has 15 heavy (non-hydrogen) atoms. The van der Waals surface area contributed by atoms with Crippen molar-refractivity contribution in [1.82, 2.24) is 4.98 Å². The molecule has 2 nitrogen and oxygen atoms in total. The minimum atomic E-state index is -3.16. The SMILES string of the molecule is CC(F)(F)Oc1ccc(C(C)(C)C)nc1. The summed E-state index contributed by atoms with van der Waals surface area (Å²) < 4.78 is 29.4. The van der Waals surface area contributed by atoms with Gasteiger partial charge in [-0.1, -0.05) is 20.8 Å². The highest BCUT2D eigenvalue weighted by molar-refractivity contribution is 5.23. The lowest BCUT2D eigenvalue weighted by atomic mass is 9.92. The Hall–Kier alpha value is -1.19. The first-order valence-corrected chi connectivity index (χ1v) is 4.72. The second kappa shape index (κ2) is 3.76. The average molecular weight is 215 g/mol. The molecule has 1 aromatic rings. The van der Waals surface area contributed by atoms with Crippen molar-refractivity contribution in [3.63, 3.8) is 0 Å². The smallest absolute Gasteiger partial charge is 0.394 e. The van der Waals surface area contributed by atoms with Gasteiger partial charge in [0.05, 0.1) is 6.20 Å². The lowest BCUT2D eigenvalue weighted by Crippen LogP contribution is -2.19. The van der Waals surface area contributed by atoms with Gasteiger partial charge in [0.25, 0.3) is 0 Å². The molecule has 0 saturated carbocycles. The lowest BCUT2D eigenvalue weighted by molar-refractivity contribution is -0.159. The van der Waals surface area contributed by atoms with Gasteiger partial charge in [0.2, 0.25) is 0 Å². The van der Waals surface area contributed by atoms with Crippen molar-refractivity contribution in [2.75, 3.05) is 0 Å². The van der Waals surface area contributed by atoms with Crippen LogP contribution in [-0.4, -0.2) is 11.1 Å². The molecular formula is C11H15F2NO. The Kier molecular flexibility index (Phi) is 2.98. The standard InChI is InChI=1S/C11H15F2NO/c1-10(2,3)9-6-5-8(7-14-9)15-11(4,12)13/h5-7H,1-4H3. The molecule has 0 unspecified atom stereocenters. The van der Waals surface area contributed by atoms with E-state index in [9.17, 15) is 8.78 Å². The number of hydrogen-bond donors (Lipinski definition) is 0. The Morgan fingerprint density at radius 1 is 1.13 bits per heavy atom. The van der Waals surface area contributed by atoms with Gasteiger partial charge in [-0.25, -0.2) is 0 Å². The van der Waals surface area contributed by atoms with E-state index >= 15 is 0 Å². The molecule has 1 rings (SSSR count). The summed E-state index contributed by atoms with van der Waals surface area (Å²) in [5, 5.41) is 0. The predicted molar refractivity (Wildman–Crippen MR) is 54.2 cm³/mol. The Bertz CT molecular complexity index is 322. The molecule has 0 saturated heterocycles. The van der Waals surface area contributed by atoms with Gasteiger partial charge >= 0.3 is 6.11 Å². The van der Waals surface area contributed by atoms with Crippen molar-refractivity contribution >= 4 is 0 Å². The van der Waals surface area contributed by atoms with Gasteiger partial charge < -0.3 is 4.74 Å². The van der Waals surface area contributed by atoms with E-state index in [1.807, 2.05) is 20.8 Å². The number of aromatic nitrogens is 1. The summed E-state index contributed by atoms with van der Waals surface area (Å²) in [6.45, 7) is 6.71. The predicted octanol–water partition coefficient (Wildman–Crippen LogP) is 3.37. The number of hydrogen-bond acceptors (Lipinski definition) is 2. The van der Waals surface area contributed by atoms with Gasteiger partial charge in [-0.05, 0) is 12.1 Å². The van der Waals surface area contributed by atoms with E-state index in [0.29, 0.717) is 6.92 Å². The molecule has 0 aliphatic heterocycles. The summed E-state index contributed by atoms with van der Waals surface area (Å²) in [6, 6.07) is 3.20. The maximum Gasteiger partial charge on any atom is 0.394 e. The van der Waals surface area contributed by atoms with Crippen molar-refractivity contribution < 1.29 is 13.5 Å². The van der Waals surface area contributed by atoms with E-state index in [0.717, 1.165) is 5.69 Å². The molecule has 0 atom stereocenters. The molecular weight excluding hydrogens is 200 g/mol. The van der Waals surface area contributed by atoms with Crippen LogP contribution in [0.4, 0.5) is 8.78 Å². The summed E-state index contributed by atoms with van der Waals surface area (Å²) in [6.07, 6.45) is -1.84. The van der Waals surface area contributed by atoms with Crippen LogP contribution >= 0.6 is 0 Å². The quantitative estimate of drug-likeness (QED) is 0.754. The normalized spacial score (nSPS) is 12.7. The van der Waals surface area contributed by atoms with Gasteiger partial charge in [0.1, 0.15) is 5.75 Å². The summed E-state index contributed by atoms with van der Waals surface area (Å²) in [5.74, 6) is 0.0792. The summed E-state index contributed by atoms with van der Waals surface area (Å²) >= 11 is 0. The topological polar surface area (TPSA) is 22.1 Å². The Labute approximate surface area is 88.3 Å². The van der Waals surface area contributed by atoms with Gasteiger partial charge in [-0.15, -0.1) is 0 Å². The zero-order valence-electron chi connectivity index (χ0n) is 9.34. The molecule has 0 radical (unpaired) electrons. The van der Waals surface area contributed by atoms with Crippen molar-refractivity contribution in [1.29, 1.82) is 0 Å². The highest BCUT2D eigenvalue weighted by atomic mass is 19.3. The zero-order chi connectivity index (χ0) is 11.7. The minimum absolute atomic E-state index is 0.0792. The van der Waals surface area contributed by atoms with Crippen molar-refractivity contribution in [3.8, 4) is 5.75 Å². The highest BCUT2D eigenvalue weighted by Crippen LogP contribution is 2.24. The van der Waals surface area contributed by atoms with Crippen LogP contribution in [-0.2, 0) is 5.41 Å². The Morgan fingerprint density at radius 2 is 1.73 bits per heavy atom. The second-order valence-electron chi connectivity index (χ2n) is 4.54. The molecule has 0 fully saturated rings. The van der Waals surface area contributed by atoms with Crippen LogP contribution in [0.15, 0.2) is 18.3 Å². The lowest BCUT2D eigenvalue weighted by Gasteiger charge is -2.18. The van der Waals surface area contributed by atoms with Crippen molar-refractivity contribution in [2.45, 2.75) is 39.2 Å². The van der Waals surface area contributed by atoms with E-state index in [2.05, 4.69) is 9.72 Å². The maximum atomic E-state index is 12.5. The number of halogens is 2. The van der Waals surface area contributed by atoms with Gasteiger partial charge in [0, 0.05) is 18.0 Å². The largest absolute Gasteiger partial charge is 0.431 e. The molecule has 1 aromatic heterocycles. The van der Waals surface area contributed by atoms with E-state index in [1.165, 1.54) is 12.3 Å². The fourth-order valence-corrected chi connectivity index (χ4v) is 1.09. The molecule has 0 aliphatic rings.